The van der Waals surface area contributed by atoms with Gasteiger partial charge in [-0.05, 0) is 25.0 Å². The Morgan fingerprint density at radius 1 is 1.18 bits per heavy atom. The molecule has 0 aliphatic carbocycles. The molecule has 0 fully saturated rings. The molecule has 0 amide bonds. The molecule has 0 radical (unpaired) electrons. The summed E-state index contributed by atoms with van der Waals surface area (Å²) in [5.41, 5.74) is 0.180. The molecule has 17 heavy (non-hydrogen) atoms. The average Bonchev–Trinajstić information content (AvgIpc) is 2.88. The predicted molar refractivity (Wildman–Crippen MR) is 68.0 cm³/mol. The third-order valence-corrected chi connectivity index (χ3v) is 3.26. The standard InChI is InChI=1S/C14H18N2O/c1-3-14(17,4-2)13-15-10-11-16(13)12-8-6-5-7-9-12/h5-11,17H,3-4H2,1-2H3. The number of imidazole rings is 1. The highest BCUT2D eigenvalue weighted by molar-refractivity contribution is 5.33. The quantitative estimate of drug-likeness (QED) is 0.877. The van der Waals surface area contributed by atoms with Crippen LogP contribution < -0.4 is 0 Å². The van der Waals surface area contributed by atoms with Gasteiger partial charge in [0.15, 0.2) is 0 Å². The van der Waals surface area contributed by atoms with Crippen LogP contribution in [0.1, 0.15) is 32.5 Å². The van der Waals surface area contributed by atoms with Gasteiger partial charge in [-0.2, -0.15) is 0 Å². The smallest absolute Gasteiger partial charge is 0.145 e. The summed E-state index contributed by atoms with van der Waals surface area (Å²) in [6.45, 7) is 3.96. The minimum atomic E-state index is -0.848. The maximum Gasteiger partial charge on any atom is 0.145 e. The molecule has 0 unspecified atom stereocenters. The van der Waals surface area contributed by atoms with Gasteiger partial charge in [0, 0.05) is 18.1 Å². The van der Waals surface area contributed by atoms with Crippen LogP contribution >= 0.6 is 0 Å². The first kappa shape index (κ1) is 11.9. The molecule has 2 rings (SSSR count). The minimum Gasteiger partial charge on any atom is -0.382 e. The maximum atomic E-state index is 10.5. The molecule has 0 spiro atoms. The first-order valence-corrected chi connectivity index (χ1v) is 6.03. The number of nitrogens with zero attached hydrogens (tertiary/aromatic N) is 2. The van der Waals surface area contributed by atoms with Crippen LogP contribution in [0.5, 0.6) is 0 Å². The lowest BCUT2D eigenvalue weighted by atomic mass is 9.96. The minimum absolute atomic E-state index is 0.660. The molecule has 0 saturated heterocycles. The maximum absolute atomic E-state index is 10.5. The molecule has 0 atom stereocenters. The van der Waals surface area contributed by atoms with Crippen molar-refractivity contribution >= 4 is 0 Å². The van der Waals surface area contributed by atoms with Gasteiger partial charge in [0.1, 0.15) is 11.4 Å². The molecule has 0 saturated carbocycles. The predicted octanol–water partition coefficient (Wildman–Crippen LogP) is 2.88. The molecule has 0 aliphatic rings. The number of rotatable bonds is 4. The zero-order chi connectivity index (χ0) is 12.3. The lowest BCUT2D eigenvalue weighted by Gasteiger charge is -2.25. The van der Waals surface area contributed by atoms with E-state index in [4.69, 9.17) is 0 Å². The highest BCUT2D eigenvalue weighted by Crippen LogP contribution is 2.28. The van der Waals surface area contributed by atoms with Gasteiger partial charge in [0.25, 0.3) is 0 Å². The topological polar surface area (TPSA) is 38.1 Å². The third kappa shape index (κ3) is 2.11. The third-order valence-electron chi connectivity index (χ3n) is 3.26. The number of aromatic nitrogens is 2. The summed E-state index contributed by atoms with van der Waals surface area (Å²) >= 11 is 0. The fourth-order valence-corrected chi connectivity index (χ4v) is 2.01. The molecule has 3 nitrogen and oxygen atoms in total. The monoisotopic (exact) mass is 230 g/mol. The number of aliphatic hydroxyl groups is 1. The highest BCUT2D eigenvalue weighted by Gasteiger charge is 2.29. The average molecular weight is 230 g/mol. The van der Waals surface area contributed by atoms with Crippen LogP contribution in [-0.2, 0) is 5.60 Å². The molecule has 1 aromatic heterocycles. The molecular weight excluding hydrogens is 212 g/mol. The van der Waals surface area contributed by atoms with E-state index in [0.717, 1.165) is 5.69 Å². The summed E-state index contributed by atoms with van der Waals surface area (Å²) in [7, 11) is 0. The Hall–Kier alpha value is -1.61. The van der Waals surface area contributed by atoms with Gasteiger partial charge in [-0.25, -0.2) is 4.98 Å². The van der Waals surface area contributed by atoms with Gasteiger partial charge in [0.2, 0.25) is 0 Å². The molecule has 0 bridgehead atoms. The fourth-order valence-electron chi connectivity index (χ4n) is 2.01. The van der Waals surface area contributed by atoms with E-state index in [1.54, 1.807) is 6.20 Å². The van der Waals surface area contributed by atoms with Crippen molar-refractivity contribution in [2.45, 2.75) is 32.3 Å². The first-order chi connectivity index (χ1) is 8.21. The van der Waals surface area contributed by atoms with Gasteiger partial charge in [-0.3, -0.25) is 0 Å². The van der Waals surface area contributed by atoms with Gasteiger partial charge in [-0.15, -0.1) is 0 Å². The van der Waals surface area contributed by atoms with Crippen molar-refractivity contribution in [1.29, 1.82) is 0 Å². The summed E-state index contributed by atoms with van der Waals surface area (Å²) in [4.78, 5) is 4.32. The van der Waals surface area contributed by atoms with Crippen LogP contribution in [0, 0.1) is 0 Å². The largest absolute Gasteiger partial charge is 0.382 e. The van der Waals surface area contributed by atoms with E-state index in [1.165, 1.54) is 0 Å². The lowest BCUT2D eigenvalue weighted by Crippen LogP contribution is -2.27. The van der Waals surface area contributed by atoms with E-state index in [-0.39, 0.29) is 0 Å². The highest BCUT2D eigenvalue weighted by atomic mass is 16.3. The Balaban J connectivity index is 2.49. The van der Waals surface area contributed by atoms with E-state index < -0.39 is 5.60 Å². The second-order valence-corrected chi connectivity index (χ2v) is 4.20. The second kappa shape index (κ2) is 4.72. The SMILES string of the molecule is CCC(O)(CC)c1nccn1-c1ccccc1. The summed E-state index contributed by atoms with van der Waals surface area (Å²) in [5, 5.41) is 10.5. The Bertz CT molecular complexity index is 472. The van der Waals surface area contributed by atoms with E-state index >= 15 is 0 Å². The van der Waals surface area contributed by atoms with Gasteiger partial charge < -0.3 is 9.67 Å². The summed E-state index contributed by atoms with van der Waals surface area (Å²) < 4.78 is 1.95. The van der Waals surface area contributed by atoms with E-state index in [1.807, 2.05) is 54.9 Å². The van der Waals surface area contributed by atoms with E-state index in [9.17, 15) is 5.11 Å². The van der Waals surface area contributed by atoms with Gasteiger partial charge in [-0.1, -0.05) is 32.0 Å². The molecule has 1 N–H and O–H groups in total. The van der Waals surface area contributed by atoms with Gasteiger partial charge in [0.05, 0.1) is 0 Å². The number of hydrogen-bond acceptors (Lipinski definition) is 2. The zero-order valence-electron chi connectivity index (χ0n) is 10.3. The Morgan fingerprint density at radius 2 is 1.82 bits per heavy atom. The fraction of sp³-hybridized carbons (Fsp3) is 0.357. The van der Waals surface area contributed by atoms with E-state index in [2.05, 4.69) is 4.98 Å². The summed E-state index contributed by atoms with van der Waals surface area (Å²) in [6, 6.07) is 9.96. The van der Waals surface area contributed by atoms with Crippen LogP contribution in [-0.4, -0.2) is 14.7 Å². The molecule has 1 heterocycles. The molecule has 3 heteroatoms. The van der Waals surface area contributed by atoms with Crippen molar-refractivity contribution in [2.24, 2.45) is 0 Å². The molecule has 2 aromatic rings. The number of para-hydroxylation sites is 1. The number of hydrogen-bond donors (Lipinski definition) is 1. The van der Waals surface area contributed by atoms with Crippen LogP contribution in [0.3, 0.4) is 0 Å². The molecule has 1 aromatic carbocycles. The zero-order valence-corrected chi connectivity index (χ0v) is 10.3. The summed E-state index contributed by atoms with van der Waals surface area (Å²) in [6.07, 6.45) is 4.94. The molecule has 0 aliphatic heterocycles. The second-order valence-electron chi connectivity index (χ2n) is 4.20. The van der Waals surface area contributed by atoms with E-state index in [0.29, 0.717) is 18.7 Å². The molecular formula is C14H18N2O. The Morgan fingerprint density at radius 3 is 2.41 bits per heavy atom. The number of benzene rings is 1. The van der Waals surface area contributed by atoms with Crippen molar-refractivity contribution in [1.82, 2.24) is 9.55 Å². The normalized spacial score (nSPS) is 11.7. The first-order valence-electron chi connectivity index (χ1n) is 6.03. The van der Waals surface area contributed by atoms with Crippen molar-refractivity contribution in [2.75, 3.05) is 0 Å². The van der Waals surface area contributed by atoms with Crippen molar-refractivity contribution < 1.29 is 5.11 Å². The Kier molecular flexibility index (Phi) is 3.29. The Labute approximate surface area is 102 Å². The van der Waals surface area contributed by atoms with Crippen molar-refractivity contribution in [3.8, 4) is 5.69 Å². The lowest BCUT2D eigenvalue weighted by molar-refractivity contribution is 0.0180. The van der Waals surface area contributed by atoms with Crippen LogP contribution in [0.2, 0.25) is 0 Å². The van der Waals surface area contributed by atoms with Crippen LogP contribution in [0.25, 0.3) is 5.69 Å². The van der Waals surface area contributed by atoms with Crippen molar-refractivity contribution in [3.05, 3.63) is 48.5 Å². The summed E-state index contributed by atoms with van der Waals surface area (Å²) in [5.74, 6) is 0.716. The van der Waals surface area contributed by atoms with Crippen LogP contribution in [0.4, 0.5) is 0 Å². The van der Waals surface area contributed by atoms with Crippen molar-refractivity contribution in [3.63, 3.8) is 0 Å². The van der Waals surface area contributed by atoms with Crippen LogP contribution in [0.15, 0.2) is 42.7 Å². The molecule has 90 valence electrons. The van der Waals surface area contributed by atoms with Gasteiger partial charge >= 0.3 is 0 Å².